The zero-order valence-electron chi connectivity index (χ0n) is 11.0. The van der Waals surface area contributed by atoms with E-state index in [0.29, 0.717) is 23.3 Å². The second-order valence-corrected chi connectivity index (χ2v) is 5.26. The summed E-state index contributed by atoms with van der Waals surface area (Å²) < 4.78 is 0. The number of nitrogens with one attached hydrogen (secondary N) is 2. The van der Waals surface area contributed by atoms with Crippen LogP contribution < -0.4 is 16.6 Å². The molecule has 2 atom stereocenters. The number of rotatable bonds is 4. The summed E-state index contributed by atoms with van der Waals surface area (Å²) in [6, 6.07) is 3.82. The lowest BCUT2D eigenvalue weighted by molar-refractivity contribution is 0.0949. The van der Waals surface area contributed by atoms with E-state index in [4.69, 9.17) is 5.84 Å². The summed E-state index contributed by atoms with van der Waals surface area (Å²) in [6.45, 7) is 6.20. The molecule has 0 radical (unpaired) electrons. The Morgan fingerprint density at radius 2 is 2.17 bits per heavy atom. The Balaban J connectivity index is 2.20. The maximum atomic E-state index is 12.1. The fourth-order valence-electron chi connectivity index (χ4n) is 1.83. The molecule has 4 N–H and O–H groups in total. The molecule has 1 aromatic heterocycles. The van der Waals surface area contributed by atoms with Gasteiger partial charge in [0.15, 0.2) is 0 Å². The van der Waals surface area contributed by atoms with Crippen molar-refractivity contribution in [3.63, 3.8) is 0 Å². The molecule has 1 aliphatic carbocycles. The quantitative estimate of drug-likeness (QED) is 0.559. The summed E-state index contributed by atoms with van der Waals surface area (Å²) in [6.07, 6.45) is 1.07. The van der Waals surface area contributed by atoms with Gasteiger partial charge in [0, 0.05) is 17.3 Å². The molecular weight excluding hydrogens is 228 g/mol. The molecule has 0 aromatic carbocycles. The van der Waals surface area contributed by atoms with Gasteiger partial charge in [-0.05, 0) is 30.4 Å². The molecule has 1 aromatic rings. The van der Waals surface area contributed by atoms with Crippen molar-refractivity contribution in [1.82, 2.24) is 10.3 Å². The van der Waals surface area contributed by atoms with Crippen LogP contribution in [0.3, 0.4) is 0 Å². The van der Waals surface area contributed by atoms with E-state index in [1.165, 1.54) is 0 Å². The van der Waals surface area contributed by atoms with Crippen LogP contribution in [0, 0.1) is 5.92 Å². The molecule has 0 spiro atoms. The summed E-state index contributed by atoms with van der Waals surface area (Å²) in [5, 5.41) is 3.00. The number of hydrogen-bond acceptors (Lipinski definition) is 4. The van der Waals surface area contributed by atoms with Gasteiger partial charge in [0.05, 0.1) is 0 Å². The number of nitrogens with two attached hydrogens (primary N) is 1. The minimum absolute atomic E-state index is 0.0508. The average molecular weight is 248 g/mol. The summed E-state index contributed by atoms with van der Waals surface area (Å²) in [7, 11) is 0. The molecule has 2 rings (SSSR count). The zero-order valence-corrected chi connectivity index (χ0v) is 11.0. The highest BCUT2D eigenvalue weighted by Crippen LogP contribution is 2.29. The smallest absolute Gasteiger partial charge is 0.251 e. The van der Waals surface area contributed by atoms with Crippen molar-refractivity contribution in [2.24, 2.45) is 11.8 Å². The van der Waals surface area contributed by atoms with E-state index in [-0.39, 0.29) is 11.8 Å². The van der Waals surface area contributed by atoms with Gasteiger partial charge in [0.25, 0.3) is 5.91 Å². The van der Waals surface area contributed by atoms with E-state index in [1.807, 2.05) is 19.9 Å². The van der Waals surface area contributed by atoms with Crippen LogP contribution in [0.15, 0.2) is 12.1 Å². The first kappa shape index (κ1) is 12.8. The monoisotopic (exact) mass is 248 g/mol. The average Bonchev–Trinajstić information content (AvgIpc) is 3.04. The largest absolute Gasteiger partial charge is 0.349 e. The van der Waals surface area contributed by atoms with Crippen LogP contribution in [0.5, 0.6) is 0 Å². The first-order chi connectivity index (χ1) is 8.51. The maximum absolute atomic E-state index is 12.1. The molecule has 1 amide bonds. The molecule has 0 saturated heterocycles. The maximum Gasteiger partial charge on any atom is 0.251 e. The standard InChI is InChI=1S/C13H20N4O/c1-7(2)10-5-9(6-12(15-10)17-14)13(18)16-11-4-8(11)3/h5-8,11H,4,14H2,1-3H3,(H,15,17)(H,16,18). The van der Waals surface area contributed by atoms with E-state index in [9.17, 15) is 4.79 Å². The molecule has 5 heteroatoms. The third-order valence-electron chi connectivity index (χ3n) is 3.27. The summed E-state index contributed by atoms with van der Waals surface area (Å²) >= 11 is 0. The fourth-order valence-corrected chi connectivity index (χ4v) is 1.83. The van der Waals surface area contributed by atoms with Crippen molar-refractivity contribution in [3.8, 4) is 0 Å². The van der Waals surface area contributed by atoms with Crippen LogP contribution in [0.25, 0.3) is 0 Å². The van der Waals surface area contributed by atoms with Gasteiger partial charge in [0.2, 0.25) is 0 Å². The van der Waals surface area contributed by atoms with Gasteiger partial charge in [-0.3, -0.25) is 4.79 Å². The highest BCUT2D eigenvalue weighted by atomic mass is 16.1. The first-order valence-electron chi connectivity index (χ1n) is 6.30. The van der Waals surface area contributed by atoms with Gasteiger partial charge in [-0.2, -0.15) is 0 Å². The molecule has 98 valence electrons. The second kappa shape index (κ2) is 4.94. The Bertz CT molecular complexity index is 458. The van der Waals surface area contributed by atoms with Crippen LogP contribution in [-0.2, 0) is 0 Å². The van der Waals surface area contributed by atoms with Gasteiger partial charge in [-0.1, -0.05) is 20.8 Å². The van der Waals surface area contributed by atoms with E-state index >= 15 is 0 Å². The number of amides is 1. The van der Waals surface area contributed by atoms with Gasteiger partial charge >= 0.3 is 0 Å². The van der Waals surface area contributed by atoms with Crippen molar-refractivity contribution >= 4 is 11.7 Å². The van der Waals surface area contributed by atoms with E-state index in [1.54, 1.807) is 6.07 Å². The number of pyridine rings is 1. The van der Waals surface area contributed by atoms with Crippen molar-refractivity contribution in [2.75, 3.05) is 5.43 Å². The SMILES string of the molecule is CC(C)c1cc(C(=O)NC2CC2C)cc(NN)n1. The lowest BCUT2D eigenvalue weighted by Crippen LogP contribution is -2.27. The molecule has 18 heavy (non-hydrogen) atoms. The predicted octanol–water partition coefficient (Wildman–Crippen LogP) is 1.63. The van der Waals surface area contributed by atoms with Crippen molar-refractivity contribution in [1.29, 1.82) is 0 Å². The van der Waals surface area contributed by atoms with E-state index in [2.05, 4.69) is 22.7 Å². The van der Waals surface area contributed by atoms with Crippen LogP contribution in [0.2, 0.25) is 0 Å². The number of anilines is 1. The fraction of sp³-hybridized carbons (Fsp3) is 0.538. The van der Waals surface area contributed by atoms with Crippen LogP contribution in [0.4, 0.5) is 5.82 Å². The summed E-state index contributed by atoms with van der Waals surface area (Å²) in [5.41, 5.74) is 3.98. The highest BCUT2D eigenvalue weighted by molar-refractivity contribution is 5.95. The molecule has 2 unspecified atom stereocenters. The van der Waals surface area contributed by atoms with Crippen LogP contribution >= 0.6 is 0 Å². The van der Waals surface area contributed by atoms with Crippen molar-refractivity contribution in [2.45, 2.75) is 39.2 Å². The summed E-state index contributed by atoms with van der Waals surface area (Å²) in [5.74, 6) is 6.70. The molecule has 1 heterocycles. The van der Waals surface area contributed by atoms with Gasteiger partial charge in [-0.25, -0.2) is 10.8 Å². The Labute approximate surface area is 107 Å². The molecular formula is C13H20N4O. The third-order valence-corrected chi connectivity index (χ3v) is 3.27. The van der Waals surface area contributed by atoms with Crippen LogP contribution in [-0.4, -0.2) is 16.9 Å². The molecule has 0 bridgehead atoms. The molecule has 1 fully saturated rings. The van der Waals surface area contributed by atoms with Gasteiger partial charge < -0.3 is 10.7 Å². The molecule has 1 aliphatic rings. The Morgan fingerprint density at radius 3 is 2.67 bits per heavy atom. The molecule has 0 aliphatic heterocycles. The second-order valence-electron chi connectivity index (χ2n) is 5.26. The number of hydrazine groups is 1. The lowest BCUT2D eigenvalue weighted by Gasteiger charge is -2.11. The van der Waals surface area contributed by atoms with E-state index in [0.717, 1.165) is 12.1 Å². The highest BCUT2D eigenvalue weighted by Gasteiger charge is 2.34. The number of carbonyl (C=O) groups excluding carboxylic acids is 1. The molecule has 5 nitrogen and oxygen atoms in total. The van der Waals surface area contributed by atoms with Crippen molar-refractivity contribution < 1.29 is 4.79 Å². The first-order valence-corrected chi connectivity index (χ1v) is 6.30. The zero-order chi connectivity index (χ0) is 13.3. The topological polar surface area (TPSA) is 80.0 Å². The molecule has 1 saturated carbocycles. The third kappa shape index (κ3) is 2.79. The normalized spacial score (nSPS) is 21.8. The van der Waals surface area contributed by atoms with Gasteiger partial charge in [-0.15, -0.1) is 0 Å². The van der Waals surface area contributed by atoms with Crippen molar-refractivity contribution in [3.05, 3.63) is 23.4 Å². The summed E-state index contributed by atoms with van der Waals surface area (Å²) in [4.78, 5) is 16.4. The predicted molar refractivity (Wildman–Crippen MR) is 71.2 cm³/mol. The van der Waals surface area contributed by atoms with E-state index < -0.39 is 0 Å². The minimum atomic E-state index is -0.0508. The van der Waals surface area contributed by atoms with Crippen LogP contribution in [0.1, 0.15) is 49.2 Å². The number of aromatic nitrogens is 1. The van der Waals surface area contributed by atoms with Gasteiger partial charge in [0.1, 0.15) is 5.82 Å². The lowest BCUT2D eigenvalue weighted by atomic mass is 10.1. The Hall–Kier alpha value is -1.62. The minimum Gasteiger partial charge on any atom is -0.349 e. The number of nitrogen functional groups attached to an aromatic ring is 1. The number of nitrogens with zero attached hydrogens (tertiary/aromatic N) is 1. The number of carbonyl (C=O) groups is 1. The Kier molecular flexibility index (Phi) is 3.52. The number of hydrogen-bond donors (Lipinski definition) is 3. The Morgan fingerprint density at radius 1 is 1.50 bits per heavy atom.